The van der Waals surface area contributed by atoms with Crippen LogP contribution in [0.4, 0.5) is 0 Å². The molecule has 1 rings (SSSR count). The topological polar surface area (TPSA) is 51.0 Å². The minimum Gasteiger partial charge on any atom is -0.497 e. The average molecular weight is 237 g/mol. The van der Waals surface area contributed by atoms with Gasteiger partial charge in [-0.2, -0.15) is 0 Å². The summed E-state index contributed by atoms with van der Waals surface area (Å²) in [6.07, 6.45) is 0.507. The quantitative estimate of drug-likeness (QED) is 0.609. The van der Waals surface area contributed by atoms with E-state index in [1.165, 1.54) is 0 Å². The second kappa shape index (κ2) is 6.91. The van der Waals surface area contributed by atoms with E-state index in [2.05, 4.69) is 5.16 Å². The molecule has 1 aromatic rings. The Labute approximate surface area is 102 Å². The van der Waals surface area contributed by atoms with Gasteiger partial charge in [-0.25, -0.2) is 0 Å². The highest BCUT2D eigenvalue weighted by Crippen LogP contribution is 2.12. The van der Waals surface area contributed by atoms with Gasteiger partial charge < -0.3 is 14.7 Å². The van der Waals surface area contributed by atoms with E-state index in [1.807, 2.05) is 38.1 Å². The Morgan fingerprint density at radius 3 is 2.53 bits per heavy atom. The first-order valence-corrected chi connectivity index (χ1v) is 5.63. The molecule has 0 bridgehead atoms. The molecule has 4 nitrogen and oxygen atoms in total. The van der Waals surface area contributed by atoms with E-state index in [0.717, 1.165) is 17.0 Å². The van der Waals surface area contributed by atoms with Crippen LogP contribution in [0.3, 0.4) is 0 Å². The van der Waals surface area contributed by atoms with E-state index < -0.39 is 0 Å². The van der Waals surface area contributed by atoms with Crippen LogP contribution in [0.5, 0.6) is 5.75 Å². The van der Waals surface area contributed by atoms with Gasteiger partial charge in [-0.1, -0.05) is 5.16 Å². The van der Waals surface area contributed by atoms with Gasteiger partial charge in [0.2, 0.25) is 0 Å². The van der Waals surface area contributed by atoms with Gasteiger partial charge in [0.15, 0.2) is 0 Å². The minimum absolute atomic E-state index is 0.0757. The number of hydrogen-bond acceptors (Lipinski definition) is 4. The van der Waals surface area contributed by atoms with Crippen molar-refractivity contribution < 1.29 is 14.7 Å². The van der Waals surface area contributed by atoms with Gasteiger partial charge in [0.05, 0.1) is 12.8 Å². The van der Waals surface area contributed by atoms with Crippen LogP contribution in [0.1, 0.15) is 25.8 Å². The van der Waals surface area contributed by atoms with Gasteiger partial charge in [-0.3, -0.25) is 0 Å². The lowest BCUT2D eigenvalue weighted by Gasteiger charge is -2.08. The average Bonchev–Trinajstić information content (AvgIpc) is 2.36. The van der Waals surface area contributed by atoms with Crippen LogP contribution in [-0.4, -0.2) is 30.6 Å². The maximum Gasteiger partial charge on any atom is 0.127 e. The molecule has 0 saturated heterocycles. The van der Waals surface area contributed by atoms with Crippen LogP contribution in [0.2, 0.25) is 0 Å². The Kier molecular flexibility index (Phi) is 5.49. The molecule has 0 amide bonds. The summed E-state index contributed by atoms with van der Waals surface area (Å²) >= 11 is 0. The SMILES string of the molecule is COc1ccc(/C(C)=N/OC(C)CCO)cc1. The lowest BCUT2D eigenvalue weighted by molar-refractivity contribution is 0.0531. The molecule has 0 spiro atoms. The molecule has 0 heterocycles. The number of benzene rings is 1. The summed E-state index contributed by atoms with van der Waals surface area (Å²) < 4.78 is 5.08. The van der Waals surface area contributed by atoms with Crippen molar-refractivity contribution in [3.8, 4) is 5.75 Å². The summed E-state index contributed by atoms with van der Waals surface area (Å²) in [5.41, 5.74) is 1.79. The highest BCUT2D eigenvalue weighted by Gasteiger charge is 2.02. The van der Waals surface area contributed by atoms with Crippen molar-refractivity contribution in [1.82, 2.24) is 0 Å². The van der Waals surface area contributed by atoms with Gasteiger partial charge >= 0.3 is 0 Å². The minimum atomic E-state index is -0.0757. The smallest absolute Gasteiger partial charge is 0.127 e. The fraction of sp³-hybridized carbons (Fsp3) is 0.462. The van der Waals surface area contributed by atoms with Crippen LogP contribution in [0.25, 0.3) is 0 Å². The van der Waals surface area contributed by atoms with Crippen LogP contribution in [0.15, 0.2) is 29.4 Å². The number of nitrogens with zero attached hydrogens (tertiary/aromatic N) is 1. The number of rotatable bonds is 6. The second-order valence-corrected chi connectivity index (χ2v) is 3.83. The molecule has 0 fully saturated rings. The van der Waals surface area contributed by atoms with Gasteiger partial charge in [0.1, 0.15) is 11.9 Å². The Morgan fingerprint density at radius 2 is 2.00 bits per heavy atom. The van der Waals surface area contributed by atoms with E-state index in [0.29, 0.717) is 6.42 Å². The maximum atomic E-state index is 8.73. The number of aliphatic hydroxyl groups is 1. The predicted octanol–water partition coefficient (Wildman–Crippen LogP) is 2.21. The predicted molar refractivity (Wildman–Crippen MR) is 67.5 cm³/mol. The molecule has 1 aromatic carbocycles. The number of hydrogen-bond donors (Lipinski definition) is 1. The van der Waals surface area contributed by atoms with Crippen molar-refractivity contribution in [3.05, 3.63) is 29.8 Å². The molecule has 0 radical (unpaired) electrons. The van der Waals surface area contributed by atoms with Gasteiger partial charge in [0, 0.05) is 13.0 Å². The molecule has 0 aliphatic heterocycles. The Balaban J connectivity index is 2.61. The van der Waals surface area contributed by atoms with E-state index in [1.54, 1.807) is 7.11 Å². The monoisotopic (exact) mass is 237 g/mol. The van der Waals surface area contributed by atoms with E-state index in [4.69, 9.17) is 14.7 Å². The maximum absolute atomic E-state index is 8.73. The summed E-state index contributed by atoms with van der Waals surface area (Å²) in [5, 5.41) is 12.8. The number of aliphatic hydroxyl groups excluding tert-OH is 1. The zero-order valence-electron chi connectivity index (χ0n) is 10.5. The van der Waals surface area contributed by atoms with Crippen LogP contribution < -0.4 is 4.74 Å². The van der Waals surface area contributed by atoms with Gasteiger partial charge in [-0.05, 0) is 43.7 Å². The molecule has 17 heavy (non-hydrogen) atoms. The largest absolute Gasteiger partial charge is 0.497 e. The van der Waals surface area contributed by atoms with Gasteiger partial charge in [0.25, 0.3) is 0 Å². The van der Waals surface area contributed by atoms with Crippen molar-refractivity contribution >= 4 is 5.71 Å². The molecular weight excluding hydrogens is 218 g/mol. The summed E-state index contributed by atoms with van der Waals surface area (Å²) in [5.74, 6) is 0.816. The first kappa shape index (κ1) is 13.5. The lowest BCUT2D eigenvalue weighted by Crippen LogP contribution is -2.08. The fourth-order valence-electron chi connectivity index (χ4n) is 1.29. The van der Waals surface area contributed by atoms with Crippen LogP contribution in [0, 0.1) is 0 Å². The first-order chi connectivity index (χ1) is 8.17. The summed E-state index contributed by atoms with van der Waals surface area (Å²) in [6.45, 7) is 3.87. The Hall–Kier alpha value is -1.55. The van der Waals surface area contributed by atoms with E-state index in [9.17, 15) is 0 Å². The fourth-order valence-corrected chi connectivity index (χ4v) is 1.29. The molecule has 1 N–H and O–H groups in total. The van der Waals surface area contributed by atoms with E-state index in [-0.39, 0.29) is 12.7 Å². The summed E-state index contributed by atoms with van der Waals surface area (Å²) in [7, 11) is 1.63. The van der Waals surface area contributed by atoms with Crippen molar-refractivity contribution in [2.24, 2.45) is 5.16 Å². The van der Waals surface area contributed by atoms with Crippen molar-refractivity contribution in [3.63, 3.8) is 0 Å². The molecule has 0 aliphatic carbocycles. The van der Waals surface area contributed by atoms with Crippen molar-refractivity contribution in [1.29, 1.82) is 0 Å². The third-order valence-corrected chi connectivity index (χ3v) is 2.41. The molecule has 1 atom stereocenters. The van der Waals surface area contributed by atoms with Crippen LogP contribution in [-0.2, 0) is 4.84 Å². The lowest BCUT2D eigenvalue weighted by atomic mass is 10.1. The molecule has 0 aliphatic rings. The molecule has 4 heteroatoms. The molecule has 1 unspecified atom stereocenters. The Bertz CT molecular complexity index is 359. The first-order valence-electron chi connectivity index (χ1n) is 5.63. The normalized spacial score (nSPS) is 13.3. The van der Waals surface area contributed by atoms with E-state index >= 15 is 0 Å². The zero-order valence-corrected chi connectivity index (χ0v) is 10.5. The molecule has 0 saturated carbocycles. The van der Waals surface area contributed by atoms with Crippen molar-refractivity contribution in [2.45, 2.75) is 26.4 Å². The highest BCUT2D eigenvalue weighted by atomic mass is 16.6. The third-order valence-electron chi connectivity index (χ3n) is 2.41. The number of methoxy groups -OCH3 is 1. The van der Waals surface area contributed by atoms with Gasteiger partial charge in [-0.15, -0.1) is 0 Å². The Morgan fingerprint density at radius 1 is 1.35 bits per heavy atom. The summed E-state index contributed by atoms with van der Waals surface area (Å²) in [4.78, 5) is 5.25. The summed E-state index contributed by atoms with van der Waals surface area (Å²) in [6, 6.07) is 7.62. The highest BCUT2D eigenvalue weighted by molar-refractivity contribution is 5.98. The molecular formula is C13H19NO3. The molecule has 0 aromatic heterocycles. The number of oxime groups is 1. The molecule has 94 valence electrons. The number of ether oxygens (including phenoxy) is 1. The standard InChI is InChI=1S/C13H19NO3/c1-10(8-9-15)17-14-11(2)12-4-6-13(16-3)7-5-12/h4-7,10,15H,8-9H2,1-3H3/b14-11+. The zero-order chi connectivity index (χ0) is 12.7. The van der Waals surface area contributed by atoms with Crippen molar-refractivity contribution in [2.75, 3.05) is 13.7 Å². The van der Waals surface area contributed by atoms with Crippen LogP contribution >= 0.6 is 0 Å². The third kappa shape index (κ3) is 4.44. The second-order valence-electron chi connectivity index (χ2n) is 3.83.